The van der Waals surface area contributed by atoms with Gasteiger partial charge in [0.15, 0.2) is 0 Å². The molecule has 1 saturated heterocycles. The Labute approximate surface area is 77.8 Å². The standard InChI is InChI=1S/C4H8O3.C4H8O2/c1-3-7-4(5)6-2;1-2-4-6-5-3-1/h3H2,1-2H3;1-4H2. The molecule has 5 nitrogen and oxygen atoms in total. The van der Waals surface area contributed by atoms with Crippen molar-refractivity contribution < 1.29 is 24.0 Å². The van der Waals surface area contributed by atoms with E-state index in [4.69, 9.17) is 0 Å². The zero-order chi connectivity index (χ0) is 9.94. The second kappa shape index (κ2) is 9.28. The van der Waals surface area contributed by atoms with Gasteiger partial charge < -0.3 is 9.47 Å². The van der Waals surface area contributed by atoms with E-state index in [0.29, 0.717) is 6.61 Å². The molecule has 1 aliphatic rings. The number of methoxy groups -OCH3 is 1. The molecule has 0 unspecified atom stereocenters. The molecule has 0 saturated carbocycles. The molecular formula is C8H16O5. The van der Waals surface area contributed by atoms with E-state index in [1.165, 1.54) is 7.11 Å². The van der Waals surface area contributed by atoms with Gasteiger partial charge in [-0.25, -0.2) is 14.6 Å². The SMILES string of the molecule is C1CCOOC1.CCOC(=O)OC. The fourth-order valence-corrected chi connectivity index (χ4v) is 0.617. The smallest absolute Gasteiger partial charge is 0.438 e. The zero-order valence-electron chi connectivity index (χ0n) is 8.08. The fourth-order valence-electron chi connectivity index (χ4n) is 0.617. The number of hydrogen-bond acceptors (Lipinski definition) is 5. The molecule has 1 fully saturated rings. The summed E-state index contributed by atoms with van der Waals surface area (Å²) >= 11 is 0. The van der Waals surface area contributed by atoms with Gasteiger partial charge in [-0.1, -0.05) is 0 Å². The van der Waals surface area contributed by atoms with E-state index in [1.807, 2.05) is 0 Å². The Bertz CT molecular complexity index is 110. The minimum Gasteiger partial charge on any atom is -0.438 e. The largest absolute Gasteiger partial charge is 0.507 e. The molecule has 0 amide bonds. The minimum absolute atomic E-state index is 0.368. The molecule has 5 heteroatoms. The molecule has 1 heterocycles. The van der Waals surface area contributed by atoms with Crippen LogP contribution in [0.25, 0.3) is 0 Å². The summed E-state index contributed by atoms with van der Waals surface area (Å²) < 4.78 is 8.46. The van der Waals surface area contributed by atoms with Gasteiger partial charge in [0.05, 0.1) is 26.9 Å². The van der Waals surface area contributed by atoms with Gasteiger partial charge in [-0.15, -0.1) is 0 Å². The van der Waals surface area contributed by atoms with Crippen molar-refractivity contribution in [2.45, 2.75) is 19.8 Å². The summed E-state index contributed by atoms with van der Waals surface area (Å²) in [6.07, 6.45) is 1.68. The third-order valence-electron chi connectivity index (χ3n) is 1.22. The molecule has 13 heavy (non-hydrogen) atoms. The third kappa shape index (κ3) is 9.10. The van der Waals surface area contributed by atoms with Crippen LogP contribution in [-0.4, -0.2) is 33.1 Å². The molecule has 0 bridgehead atoms. The van der Waals surface area contributed by atoms with E-state index >= 15 is 0 Å². The number of carbonyl (C=O) groups excluding carboxylic acids is 1. The molecule has 1 rings (SSSR count). The van der Waals surface area contributed by atoms with Gasteiger partial charge in [0.1, 0.15) is 0 Å². The molecule has 1 aliphatic heterocycles. The van der Waals surface area contributed by atoms with E-state index in [0.717, 1.165) is 26.1 Å². The molecule has 0 aromatic heterocycles. The van der Waals surface area contributed by atoms with Crippen molar-refractivity contribution in [3.8, 4) is 0 Å². The lowest BCUT2D eigenvalue weighted by atomic mass is 10.3. The van der Waals surface area contributed by atoms with E-state index < -0.39 is 6.16 Å². The predicted octanol–water partition coefficient (Wildman–Crippen LogP) is 1.52. The Morgan fingerprint density at radius 1 is 1.31 bits per heavy atom. The molecule has 0 spiro atoms. The van der Waals surface area contributed by atoms with Crippen LogP contribution >= 0.6 is 0 Å². The van der Waals surface area contributed by atoms with Crippen molar-refractivity contribution in [2.75, 3.05) is 26.9 Å². The molecule has 0 radical (unpaired) electrons. The molecule has 0 atom stereocenters. The van der Waals surface area contributed by atoms with Crippen LogP contribution in [0.5, 0.6) is 0 Å². The highest BCUT2D eigenvalue weighted by molar-refractivity contribution is 5.59. The first-order valence-corrected chi connectivity index (χ1v) is 4.26. The highest BCUT2D eigenvalue weighted by atomic mass is 17.2. The number of ether oxygens (including phenoxy) is 2. The molecule has 78 valence electrons. The summed E-state index contributed by atoms with van der Waals surface area (Å²) in [5, 5.41) is 0. The summed E-state index contributed by atoms with van der Waals surface area (Å²) in [5.74, 6) is 0. The average molecular weight is 192 g/mol. The van der Waals surface area contributed by atoms with Gasteiger partial charge in [-0.3, -0.25) is 0 Å². The van der Waals surface area contributed by atoms with Crippen LogP contribution in [0.4, 0.5) is 4.79 Å². The topological polar surface area (TPSA) is 54.0 Å². The number of carbonyl (C=O) groups is 1. The molecular weight excluding hydrogens is 176 g/mol. The molecule has 0 aromatic carbocycles. The van der Waals surface area contributed by atoms with E-state index in [9.17, 15) is 4.79 Å². The quantitative estimate of drug-likeness (QED) is 0.465. The minimum atomic E-state index is -0.623. The second-order valence-electron chi connectivity index (χ2n) is 2.24. The normalized spacial score (nSPS) is 15.2. The average Bonchev–Trinajstić information content (AvgIpc) is 2.22. The van der Waals surface area contributed by atoms with Crippen molar-refractivity contribution in [1.29, 1.82) is 0 Å². The summed E-state index contributed by atoms with van der Waals surface area (Å²) in [6, 6.07) is 0. The van der Waals surface area contributed by atoms with E-state index in [1.54, 1.807) is 6.92 Å². The first kappa shape index (κ1) is 12.2. The maximum Gasteiger partial charge on any atom is 0.507 e. The van der Waals surface area contributed by atoms with Crippen LogP contribution in [-0.2, 0) is 19.2 Å². The Kier molecular flexibility index (Phi) is 8.70. The lowest BCUT2D eigenvalue weighted by molar-refractivity contribution is -0.312. The van der Waals surface area contributed by atoms with Crippen LogP contribution in [0.1, 0.15) is 19.8 Å². The maximum atomic E-state index is 9.97. The second-order valence-corrected chi connectivity index (χ2v) is 2.24. The predicted molar refractivity (Wildman–Crippen MR) is 45.2 cm³/mol. The van der Waals surface area contributed by atoms with Crippen LogP contribution in [0, 0.1) is 0 Å². The van der Waals surface area contributed by atoms with Gasteiger partial charge >= 0.3 is 6.16 Å². The van der Waals surface area contributed by atoms with Gasteiger partial charge in [0.25, 0.3) is 0 Å². The zero-order valence-corrected chi connectivity index (χ0v) is 8.08. The summed E-state index contributed by atoms with van der Waals surface area (Å²) in [7, 11) is 1.28. The first-order chi connectivity index (χ1) is 6.31. The van der Waals surface area contributed by atoms with Crippen LogP contribution in [0.15, 0.2) is 0 Å². The molecule has 0 aromatic rings. The number of hydrogen-bond donors (Lipinski definition) is 0. The number of rotatable bonds is 1. The lowest BCUT2D eigenvalue weighted by Gasteiger charge is -2.07. The first-order valence-electron chi connectivity index (χ1n) is 4.26. The lowest BCUT2D eigenvalue weighted by Crippen LogP contribution is -2.05. The highest BCUT2D eigenvalue weighted by Crippen LogP contribution is 1.97. The summed E-state index contributed by atoms with van der Waals surface area (Å²) in [5.41, 5.74) is 0. The van der Waals surface area contributed by atoms with Gasteiger partial charge in [-0.2, -0.15) is 0 Å². The Hall–Kier alpha value is -0.810. The Morgan fingerprint density at radius 2 is 1.85 bits per heavy atom. The van der Waals surface area contributed by atoms with Gasteiger partial charge in [0, 0.05) is 0 Å². The van der Waals surface area contributed by atoms with E-state index in [-0.39, 0.29) is 0 Å². The highest BCUT2D eigenvalue weighted by Gasteiger charge is 1.95. The van der Waals surface area contributed by atoms with Crippen molar-refractivity contribution in [3.63, 3.8) is 0 Å². The van der Waals surface area contributed by atoms with Crippen molar-refractivity contribution >= 4 is 6.16 Å². The van der Waals surface area contributed by atoms with Crippen molar-refractivity contribution in [3.05, 3.63) is 0 Å². The van der Waals surface area contributed by atoms with Crippen molar-refractivity contribution in [2.24, 2.45) is 0 Å². The Morgan fingerprint density at radius 3 is 2.00 bits per heavy atom. The fraction of sp³-hybridized carbons (Fsp3) is 0.875. The molecule has 0 aliphatic carbocycles. The summed E-state index contributed by atoms with van der Waals surface area (Å²) in [6.45, 7) is 3.64. The monoisotopic (exact) mass is 192 g/mol. The maximum absolute atomic E-state index is 9.97. The van der Waals surface area contributed by atoms with Gasteiger partial charge in [-0.05, 0) is 19.8 Å². The van der Waals surface area contributed by atoms with Gasteiger partial charge in [0.2, 0.25) is 0 Å². The van der Waals surface area contributed by atoms with Crippen LogP contribution < -0.4 is 0 Å². The Balaban J connectivity index is 0.000000223. The van der Waals surface area contributed by atoms with Crippen LogP contribution in [0.3, 0.4) is 0 Å². The summed E-state index contributed by atoms with van der Waals surface area (Å²) in [4.78, 5) is 19.1. The van der Waals surface area contributed by atoms with Crippen molar-refractivity contribution in [1.82, 2.24) is 0 Å². The molecule has 0 N–H and O–H groups in total. The van der Waals surface area contributed by atoms with E-state index in [2.05, 4.69) is 19.2 Å². The van der Waals surface area contributed by atoms with Crippen LogP contribution in [0.2, 0.25) is 0 Å². The third-order valence-corrected chi connectivity index (χ3v) is 1.22.